The maximum Gasteiger partial charge on any atom is 0.0674 e. The molecule has 1 aliphatic rings. The Morgan fingerprint density at radius 3 is 3.10 bits per heavy atom. The lowest BCUT2D eigenvalue weighted by atomic mass is 10.3. The predicted molar refractivity (Wildman–Crippen MR) is 45.6 cm³/mol. The molecule has 60 valence electrons. The van der Waals surface area contributed by atoms with E-state index in [4.69, 9.17) is 4.74 Å². The molecule has 0 aliphatic carbocycles. The Labute approximate surface area is 70.7 Å². The van der Waals surface area contributed by atoms with Gasteiger partial charge in [0.1, 0.15) is 0 Å². The fourth-order valence-electron chi connectivity index (χ4n) is 1.21. The van der Waals surface area contributed by atoms with Crippen LogP contribution >= 0.6 is 15.9 Å². The van der Waals surface area contributed by atoms with E-state index in [1.54, 1.807) is 0 Å². The van der Waals surface area contributed by atoms with Gasteiger partial charge in [-0.15, -0.1) is 0 Å². The second kappa shape index (κ2) is 4.31. The van der Waals surface area contributed by atoms with Crippen molar-refractivity contribution < 1.29 is 4.74 Å². The number of rotatable bonds is 2. The van der Waals surface area contributed by atoms with Gasteiger partial charge in [-0.05, 0) is 6.92 Å². The molecule has 10 heavy (non-hydrogen) atoms. The molecule has 0 radical (unpaired) electrons. The zero-order valence-electron chi connectivity index (χ0n) is 6.35. The second-order valence-electron chi connectivity index (χ2n) is 2.67. The number of hydrogen-bond acceptors (Lipinski definition) is 2. The number of morpholine rings is 1. The Kier molecular flexibility index (Phi) is 3.66. The van der Waals surface area contributed by atoms with Gasteiger partial charge in [-0.3, -0.25) is 4.90 Å². The molecule has 0 saturated carbocycles. The summed E-state index contributed by atoms with van der Waals surface area (Å²) in [6.45, 7) is 6.35. The van der Waals surface area contributed by atoms with Crippen molar-refractivity contribution in [1.82, 2.24) is 4.90 Å². The number of alkyl halides is 1. The lowest BCUT2D eigenvalue weighted by Crippen LogP contribution is -2.41. The number of ether oxygens (including phenoxy) is 1. The van der Waals surface area contributed by atoms with Crippen LogP contribution in [0.25, 0.3) is 0 Å². The largest absolute Gasteiger partial charge is 0.376 e. The number of nitrogens with zero attached hydrogens (tertiary/aromatic N) is 1. The minimum Gasteiger partial charge on any atom is -0.376 e. The predicted octanol–water partition coefficient (Wildman–Crippen LogP) is 1.10. The first-order chi connectivity index (χ1) is 4.83. The summed E-state index contributed by atoms with van der Waals surface area (Å²) in [6, 6.07) is 0. The average molecular weight is 208 g/mol. The molecule has 1 heterocycles. The van der Waals surface area contributed by atoms with Crippen molar-refractivity contribution in [3.63, 3.8) is 0 Å². The van der Waals surface area contributed by atoms with Crippen molar-refractivity contribution in [2.24, 2.45) is 0 Å². The molecule has 1 saturated heterocycles. The first-order valence-corrected chi connectivity index (χ1v) is 4.85. The zero-order valence-corrected chi connectivity index (χ0v) is 7.93. The third-order valence-electron chi connectivity index (χ3n) is 1.73. The van der Waals surface area contributed by atoms with Gasteiger partial charge in [0.15, 0.2) is 0 Å². The fraction of sp³-hybridized carbons (Fsp3) is 1.00. The summed E-state index contributed by atoms with van der Waals surface area (Å²) in [7, 11) is 0. The summed E-state index contributed by atoms with van der Waals surface area (Å²) in [4.78, 5) is 2.42. The first-order valence-electron chi connectivity index (χ1n) is 3.73. The molecular weight excluding hydrogens is 194 g/mol. The Hall–Kier alpha value is 0.400. The molecule has 3 heteroatoms. The van der Waals surface area contributed by atoms with Crippen LogP contribution in [0.15, 0.2) is 0 Å². The lowest BCUT2D eigenvalue weighted by molar-refractivity contribution is -0.0157. The molecule has 0 aromatic carbocycles. The summed E-state index contributed by atoms with van der Waals surface area (Å²) in [5.41, 5.74) is 0. The molecular formula is C7H14BrNO. The first kappa shape index (κ1) is 8.50. The van der Waals surface area contributed by atoms with Gasteiger partial charge in [-0.2, -0.15) is 0 Å². The third kappa shape index (κ3) is 2.56. The van der Waals surface area contributed by atoms with Crippen LogP contribution in [-0.2, 0) is 4.74 Å². The molecule has 1 atom stereocenters. The second-order valence-corrected chi connectivity index (χ2v) is 3.46. The molecule has 1 fully saturated rings. The van der Waals surface area contributed by atoms with Crippen LogP contribution in [0.3, 0.4) is 0 Å². The average Bonchev–Trinajstić information content (AvgIpc) is 1.88. The molecule has 0 aromatic rings. The van der Waals surface area contributed by atoms with Crippen LogP contribution < -0.4 is 0 Å². The van der Waals surface area contributed by atoms with E-state index >= 15 is 0 Å². The molecule has 0 amide bonds. The van der Waals surface area contributed by atoms with E-state index in [0.717, 1.165) is 31.6 Å². The van der Waals surface area contributed by atoms with E-state index in [1.165, 1.54) is 0 Å². The van der Waals surface area contributed by atoms with E-state index in [-0.39, 0.29) is 0 Å². The van der Waals surface area contributed by atoms with Crippen molar-refractivity contribution in [3.05, 3.63) is 0 Å². The molecule has 0 aromatic heterocycles. The van der Waals surface area contributed by atoms with Gasteiger partial charge >= 0.3 is 0 Å². The summed E-state index contributed by atoms with van der Waals surface area (Å²) in [5, 5.41) is 1.07. The maximum atomic E-state index is 5.40. The van der Waals surface area contributed by atoms with E-state index in [9.17, 15) is 0 Å². The Morgan fingerprint density at radius 2 is 2.50 bits per heavy atom. The standard InChI is InChI=1S/C7H14BrNO/c1-7-6-9(3-2-8)4-5-10-7/h7H,2-6H2,1H3/t7-/m0/s1. The Bertz CT molecular complexity index is 97.6. The van der Waals surface area contributed by atoms with Gasteiger partial charge < -0.3 is 4.74 Å². The smallest absolute Gasteiger partial charge is 0.0674 e. The number of hydrogen-bond donors (Lipinski definition) is 0. The topological polar surface area (TPSA) is 12.5 Å². The monoisotopic (exact) mass is 207 g/mol. The normalized spacial score (nSPS) is 28.8. The molecule has 2 nitrogen and oxygen atoms in total. The highest BCUT2D eigenvalue weighted by Gasteiger charge is 2.14. The van der Waals surface area contributed by atoms with E-state index in [1.807, 2.05) is 0 Å². The van der Waals surface area contributed by atoms with Gasteiger partial charge in [-0.25, -0.2) is 0 Å². The van der Waals surface area contributed by atoms with E-state index in [0.29, 0.717) is 6.10 Å². The summed E-state index contributed by atoms with van der Waals surface area (Å²) < 4.78 is 5.40. The highest BCUT2D eigenvalue weighted by molar-refractivity contribution is 9.09. The lowest BCUT2D eigenvalue weighted by Gasteiger charge is -2.30. The minimum absolute atomic E-state index is 0.424. The Balaban J connectivity index is 2.18. The van der Waals surface area contributed by atoms with Crippen LogP contribution in [0, 0.1) is 0 Å². The molecule has 0 bridgehead atoms. The third-order valence-corrected chi connectivity index (χ3v) is 2.08. The zero-order chi connectivity index (χ0) is 7.40. The van der Waals surface area contributed by atoms with Crippen molar-refractivity contribution >= 4 is 15.9 Å². The van der Waals surface area contributed by atoms with Gasteiger partial charge in [0.05, 0.1) is 12.7 Å². The van der Waals surface area contributed by atoms with Crippen LogP contribution in [0.1, 0.15) is 6.92 Å². The maximum absolute atomic E-state index is 5.40. The quantitative estimate of drug-likeness (QED) is 0.630. The fourth-order valence-corrected chi connectivity index (χ4v) is 1.71. The van der Waals surface area contributed by atoms with Gasteiger partial charge in [0.25, 0.3) is 0 Å². The molecule has 0 N–H and O–H groups in total. The highest BCUT2D eigenvalue weighted by atomic mass is 79.9. The van der Waals surface area contributed by atoms with Crippen LogP contribution in [0.5, 0.6) is 0 Å². The van der Waals surface area contributed by atoms with Crippen molar-refractivity contribution in [1.29, 1.82) is 0 Å². The van der Waals surface area contributed by atoms with Gasteiger partial charge in [0.2, 0.25) is 0 Å². The van der Waals surface area contributed by atoms with Crippen LogP contribution in [-0.4, -0.2) is 42.6 Å². The molecule has 0 spiro atoms. The molecule has 1 aliphatic heterocycles. The van der Waals surface area contributed by atoms with Crippen molar-refractivity contribution in [3.8, 4) is 0 Å². The summed E-state index contributed by atoms with van der Waals surface area (Å²) in [6.07, 6.45) is 0.424. The van der Waals surface area contributed by atoms with Crippen LogP contribution in [0.4, 0.5) is 0 Å². The summed E-state index contributed by atoms with van der Waals surface area (Å²) in [5.74, 6) is 0. The van der Waals surface area contributed by atoms with Gasteiger partial charge in [0, 0.05) is 25.0 Å². The van der Waals surface area contributed by atoms with Crippen LogP contribution in [0.2, 0.25) is 0 Å². The summed E-state index contributed by atoms with van der Waals surface area (Å²) >= 11 is 3.42. The van der Waals surface area contributed by atoms with Gasteiger partial charge in [-0.1, -0.05) is 15.9 Å². The van der Waals surface area contributed by atoms with E-state index < -0.39 is 0 Å². The highest BCUT2D eigenvalue weighted by Crippen LogP contribution is 2.03. The van der Waals surface area contributed by atoms with Crippen molar-refractivity contribution in [2.75, 3.05) is 31.6 Å². The number of halogens is 1. The Morgan fingerprint density at radius 1 is 1.70 bits per heavy atom. The molecule has 0 unspecified atom stereocenters. The van der Waals surface area contributed by atoms with E-state index in [2.05, 4.69) is 27.8 Å². The van der Waals surface area contributed by atoms with Crippen molar-refractivity contribution in [2.45, 2.75) is 13.0 Å². The molecule has 1 rings (SSSR count). The minimum atomic E-state index is 0.424. The SMILES string of the molecule is C[C@H]1CN(CCBr)CCO1.